The Labute approximate surface area is 314 Å². The van der Waals surface area contributed by atoms with Crippen LogP contribution in [-0.4, -0.2) is 0 Å². The molecular weight excluding hydrogens is 649 g/mol. The first kappa shape index (κ1) is 30.6. The molecule has 54 heavy (non-hydrogen) atoms. The first-order valence-corrected chi connectivity index (χ1v) is 18.8. The molecule has 0 heteroatoms. The van der Waals surface area contributed by atoms with Crippen molar-refractivity contribution in [1.82, 2.24) is 0 Å². The molecule has 0 nitrogen and oxygen atoms in total. The first-order valence-electron chi connectivity index (χ1n) is 18.8. The van der Waals surface area contributed by atoms with Crippen molar-refractivity contribution in [3.05, 3.63) is 206 Å². The van der Waals surface area contributed by atoms with Crippen molar-refractivity contribution < 1.29 is 0 Å². The van der Waals surface area contributed by atoms with E-state index in [-0.39, 0.29) is 0 Å². The van der Waals surface area contributed by atoms with Crippen LogP contribution in [0.15, 0.2) is 206 Å². The predicted molar refractivity (Wildman–Crippen MR) is 233 cm³/mol. The van der Waals surface area contributed by atoms with E-state index in [4.69, 9.17) is 0 Å². The molecule has 0 N–H and O–H groups in total. The SMILES string of the molecule is c1cc(-c2ccc3c(ccc4ccccc43)c2-c2ccc3ccccc3c2)cc(-c2c3ccccc3c(-c3ccc4ccccc4c3)c3ccccc23)c1. The van der Waals surface area contributed by atoms with Crippen molar-refractivity contribution in [2.75, 3.05) is 0 Å². The van der Waals surface area contributed by atoms with Crippen LogP contribution < -0.4 is 0 Å². The quantitative estimate of drug-likeness (QED) is 0.128. The average molecular weight is 683 g/mol. The van der Waals surface area contributed by atoms with Crippen molar-refractivity contribution in [3.8, 4) is 44.5 Å². The van der Waals surface area contributed by atoms with Crippen LogP contribution in [0.5, 0.6) is 0 Å². The van der Waals surface area contributed by atoms with Gasteiger partial charge in [-0.25, -0.2) is 0 Å². The molecule has 0 aliphatic carbocycles. The summed E-state index contributed by atoms with van der Waals surface area (Å²) in [5.41, 5.74) is 9.94. The third kappa shape index (κ3) is 4.85. The molecule has 0 saturated carbocycles. The van der Waals surface area contributed by atoms with Gasteiger partial charge in [0, 0.05) is 0 Å². The minimum atomic E-state index is 1.21. The molecule has 250 valence electrons. The highest BCUT2D eigenvalue weighted by molar-refractivity contribution is 6.22. The van der Waals surface area contributed by atoms with E-state index in [0.717, 1.165) is 0 Å². The molecule has 0 atom stereocenters. The van der Waals surface area contributed by atoms with Crippen molar-refractivity contribution in [2.24, 2.45) is 0 Å². The largest absolute Gasteiger partial charge is 0.0616 e. The highest BCUT2D eigenvalue weighted by Gasteiger charge is 2.19. The van der Waals surface area contributed by atoms with E-state index in [1.165, 1.54) is 109 Å². The number of hydrogen-bond acceptors (Lipinski definition) is 0. The summed E-state index contributed by atoms with van der Waals surface area (Å²) >= 11 is 0. The molecule has 0 amide bonds. The lowest BCUT2D eigenvalue weighted by atomic mass is 9.84. The Bertz CT molecular complexity index is 3220. The predicted octanol–water partition coefficient (Wildman–Crippen LogP) is 15.3. The fraction of sp³-hybridized carbons (Fsp3) is 0. The summed E-state index contributed by atoms with van der Waals surface area (Å²) in [5, 5.41) is 15.1. The zero-order valence-electron chi connectivity index (χ0n) is 29.6. The van der Waals surface area contributed by atoms with Gasteiger partial charge >= 0.3 is 0 Å². The van der Waals surface area contributed by atoms with Gasteiger partial charge in [-0.3, -0.25) is 0 Å². The van der Waals surface area contributed by atoms with Crippen LogP contribution >= 0.6 is 0 Å². The molecular formula is C54H34. The summed E-state index contributed by atoms with van der Waals surface area (Å²) in [6.07, 6.45) is 0. The van der Waals surface area contributed by atoms with E-state index in [2.05, 4.69) is 206 Å². The summed E-state index contributed by atoms with van der Waals surface area (Å²) in [4.78, 5) is 0. The van der Waals surface area contributed by atoms with Gasteiger partial charge in [-0.2, -0.15) is 0 Å². The molecule has 0 spiro atoms. The second-order valence-electron chi connectivity index (χ2n) is 14.4. The minimum absolute atomic E-state index is 1.21. The molecule has 0 radical (unpaired) electrons. The van der Waals surface area contributed by atoms with Crippen molar-refractivity contribution in [2.45, 2.75) is 0 Å². The van der Waals surface area contributed by atoms with Gasteiger partial charge in [0.2, 0.25) is 0 Å². The lowest BCUT2D eigenvalue weighted by Crippen LogP contribution is -1.92. The second kappa shape index (κ2) is 12.3. The molecule has 0 unspecified atom stereocenters. The maximum absolute atomic E-state index is 2.41. The van der Waals surface area contributed by atoms with E-state index in [0.29, 0.717) is 0 Å². The zero-order valence-corrected chi connectivity index (χ0v) is 29.6. The Kier molecular flexibility index (Phi) is 6.97. The first-order chi connectivity index (χ1) is 26.8. The molecule has 11 rings (SSSR count). The highest BCUT2D eigenvalue weighted by atomic mass is 14.2. The van der Waals surface area contributed by atoms with Crippen molar-refractivity contribution >= 4 is 64.6 Å². The minimum Gasteiger partial charge on any atom is -0.0616 e. The van der Waals surface area contributed by atoms with Gasteiger partial charge in [0.15, 0.2) is 0 Å². The number of benzene rings is 11. The van der Waals surface area contributed by atoms with Crippen LogP contribution in [0.1, 0.15) is 0 Å². The highest BCUT2D eigenvalue weighted by Crippen LogP contribution is 2.46. The fourth-order valence-corrected chi connectivity index (χ4v) is 8.92. The van der Waals surface area contributed by atoms with Gasteiger partial charge < -0.3 is 0 Å². The third-order valence-corrected chi connectivity index (χ3v) is 11.4. The monoisotopic (exact) mass is 682 g/mol. The van der Waals surface area contributed by atoms with Crippen molar-refractivity contribution in [1.29, 1.82) is 0 Å². The lowest BCUT2D eigenvalue weighted by molar-refractivity contribution is 1.61. The van der Waals surface area contributed by atoms with Gasteiger partial charge in [0.05, 0.1) is 0 Å². The van der Waals surface area contributed by atoms with Gasteiger partial charge in [0.1, 0.15) is 0 Å². The van der Waals surface area contributed by atoms with E-state index >= 15 is 0 Å². The fourth-order valence-electron chi connectivity index (χ4n) is 8.92. The maximum Gasteiger partial charge on any atom is -0.00262 e. The van der Waals surface area contributed by atoms with Gasteiger partial charge in [-0.1, -0.05) is 188 Å². The van der Waals surface area contributed by atoms with Crippen LogP contribution in [0.2, 0.25) is 0 Å². The van der Waals surface area contributed by atoms with Gasteiger partial charge in [-0.05, 0) is 127 Å². The third-order valence-electron chi connectivity index (χ3n) is 11.4. The van der Waals surface area contributed by atoms with Crippen LogP contribution in [0, 0.1) is 0 Å². The molecule has 0 aromatic heterocycles. The normalized spacial score (nSPS) is 11.7. The number of fused-ring (bicyclic) bond motifs is 7. The second-order valence-corrected chi connectivity index (χ2v) is 14.4. The van der Waals surface area contributed by atoms with E-state index in [9.17, 15) is 0 Å². The molecule has 0 aliphatic rings. The smallest absolute Gasteiger partial charge is 0.00262 e. The summed E-state index contributed by atoms with van der Waals surface area (Å²) in [5.74, 6) is 0. The molecule has 0 saturated heterocycles. The summed E-state index contributed by atoms with van der Waals surface area (Å²) < 4.78 is 0. The topological polar surface area (TPSA) is 0 Å². The molecule has 0 heterocycles. The number of rotatable bonds is 4. The van der Waals surface area contributed by atoms with Crippen LogP contribution in [0.25, 0.3) is 109 Å². The standard InChI is InChI=1S/C54H34/c1-3-15-38-32-42(26-24-35(38)12-1)52-45(30-31-46-44-19-6-5-14-37(44)28-29-51(46)52)40-17-11-18-41(34-40)53-47-20-7-9-22-49(47)54(50-23-10-8-21-48(50)53)43-27-25-36-13-2-4-16-39(36)33-43/h1-34H. The zero-order chi connectivity index (χ0) is 35.6. The van der Waals surface area contributed by atoms with E-state index in [1.807, 2.05) is 0 Å². The molecule has 0 aliphatic heterocycles. The molecule has 11 aromatic rings. The average Bonchev–Trinajstić information content (AvgIpc) is 3.24. The summed E-state index contributed by atoms with van der Waals surface area (Å²) in [6, 6.07) is 76.2. The van der Waals surface area contributed by atoms with E-state index < -0.39 is 0 Å². The Morgan fingerprint density at radius 2 is 0.593 bits per heavy atom. The lowest BCUT2D eigenvalue weighted by Gasteiger charge is -2.19. The van der Waals surface area contributed by atoms with Gasteiger partial charge in [-0.15, -0.1) is 0 Å². The molecule has 11 aromatic carbocycles. The maximum atomic E-state index is 2.41. The van der Waals surface area contributed by atoms with E-state index in [1.54, 1.807) is 0 Å². The Morgan fingerprint density at radius 3 is 1.19 bits per heavy atom. The number of hydrogen-bond donors (Lipinski definition) is 0. The molecule has 0 bridgehead atoms. The van der Waals surface area contributed by atoms with Gasteiger partial charge in [0.25, 0.3) is 0 Å². The Hall–Kier alpha value is -7.02. The van der Waals surface area contributed by atoms with Crippen LogP contribution in [-0.2, 0) is 0 Å². The summed E-state index contributed by atoms with van der Waals surface area (Å²) in [6.45, 7) is 0. The Balaban J connectivity index is 1.17. The van der Waals surface area contributed by atoms with Crippen molar-refractivity contribution in [3.63, 3.8) is 0 Å². The van der Waals surface area contributed by atoms with Crippen LogP contribution in [0.4, 0.5) is 0 Å². The summed E-state index contributed by atoms with van der Waals surface area (Å²) in [7, 11) is 0. The Morgan fingerprint density at radius 1 is 0.185 bits per heavy atom. The molecule has 0 fully saturated rings. The van der Waals surface area contributed by atoms with Crippen LogP contribution in [0.3, 0.4) is 0 Å².